The molecule has 0 saturated carbocycles. The van der Waals surface area contributed by atoms with E-state index in [9.17, 15) is 0 Å². The Morgan fingerprint density at radius 1 is 1.08 bits per heavy atom. The number of rotatable bonds is 5. The molecule has 0 amide bonds. The number of likely N-dealkylation sites (tertiary alicyclic amines) is 1. The third kappa shape index (κ3) is 3.84. The first-order valence-corrected chi connectivity index (χ1v) is 8.89. The topological polar surface area (TPSA) is 46.0 Å². The first-order valence-electron chi connectivity index (χ1n) is 8.89. The molecule has 1 aliphatic rings. The van der Waals surface area contributed by atoms with Gasteiger partial charge < -0.3 is 9.88 Å². The van der Waals surface area contributed by atoms with E-state index in [0.717, 1.165) is 37.8 Å². The standard InChI is InChI=1S/C19H29N5/c1-14-11-24(13-17-8-6-5-7-9-17)12-15(2)19(14)20-10-18-22-21-16(3)23(18)4/h5-9,14-15,19-20H,10-13H2,1-4H3/t14-,15+,19?. The Hall–Kier alpha value is -1.72. The van der Waals surface area contributed by atoms with Crippen LogP contribution in [0.3, 0.4) is 0 Å². The lowest BCUT2D eigenvalue weighted by Crippen LogP contribution is -2.53. The molecule has 1 aromatic carbocycles. The summed E-state index contributed by atoms with van der Waals surface area (Å²) in [6, 6.07) is 11.3. The Morgan fingerprint density at radius 2 is 1.75 bits per heavy atom. The van der Waals surface area contributed by atoms with Crippen molar-refractivity contribution < 1.29 is 0 Å². The minimum Gasteiger partial charge on any atom is -0.317 e. The van der Waals surface area contributed by atoms with Crippen LogP contribution in [0.15, 0.2) is 30.3 Å². The maximum Gasteiger partial charge on any atom is 0.146 e. The first kappa shape index (κ1) is 17.1. The van der Waals surface area contributed by atoms with E-state index in [1.165, 1.54) is 5.56 Å². The molecule has 1 saturated heterocycles. The van der Waals surface area contributed by atoms with Crippen molar-refractivity contribution in [2.75, 3.05) is 13.1 Å². The molecule has 2 heterocycles. The SMILES string of the molecule is Cc1nnc(CNC2[C@H](C)CN(Cc3ccccc3)C[C@@H]2C)n1C. The van der Waals surface area contributed by atoms with E-state index in [1.54, 1.807) is 0 Å². The summed E-state index contributed by atoms with van der Waals surface area (Å²) in [5, 5.41) is 12.1. The van der Waals surface area contributed by atoms with E-state index in [0.29, 0.717) is 17.9 Å². The van der Waals surface area contributed by atoms with Crippen LogP contribution in [0.1, 0.15) is 31.1 Å². The van der Waals surface area contributed by atoms with Crippen LogP contribution in [0, 0.1) is 18.8 Å². The van der Waals surface area contributed by atoms with Crippen LogP contribution in [0.25, 0.3) is 0 Å². The molecule has 1 aromatic heterocycles. The van der Waals surface area contributed by atoms with E-state index >= 15 is 0 Å². The Bertz CT molecular complexity index is 639. The summed E-state index contributed by atoms with van der Waals surface area (Å²) in [5.74, 6) is 3.21. The average Bonchev–Trinajstić information content (AvgIpc) is 2.87. The molecule has 3 atom stereocenters. The largest absolute Gasteiger partial charge is 0.317 e. The third-order valence-electron chi connectivity index (χ3n) is 5.25. The normalized spacial score (nSPS) is 25.1. The van der Waals surface area contributed by atoms with Gasteiger partial charge in [-0.15, -0.1) is 10.2 Å². The molecule has 1 fully saturated rings. The van der Waals surface area contributed by atoms with Crippen molar-refractivity contribution in [1.82, 2.24) is 25.0 Å². The van der Waals surface area contributed by atoms with Gasteiger partial charge in [-0.05, 0) is 24.3 Å². The van der Waals surface area contributed by atoms with Gasteiger partial charge in [0.2, 0.25) is 0 Å². The molecule has 0 aliphatic carbocycles. The molecule has 0 bridgehead atoms. The van der Waals surface area contributed by atoms with Crippen molar-refractivity contribution in [3.8, 4) is 0 Å². The third-order valence-corrected chi connectivity index (χ3v) is 5.25. The molecule has 5 nitrogen and oxygen atoms in total. The summed E-state index contributed by atoms with van der Waals surface area (Å²) in [6.07, 6.45) is 0. The lowest BCUT2D eigenvalue weighted by Gasteiger charge is -2.42. The summed E-state index contributed by atoms with van der Waals surface area (Å²) in [7, 11) is 2.03. The monoisotopic (exact) mass is 327 g/mol. The number of hydrogen-bond donors (Lipinski definition) is 1. The zero-order chi connectivity index (χ0) is 17.1. The lowest BCUT2D eigenvalue weighted by molar-refractivity contribution is 0.0934. The first-order chi connectivity index (χ1) is 11.5. The van der Waals surface area contributed by atoms with Crippen molar-refractivity contribution in [2.24, 2.45) is 18.9 Å². The molecular formula is C19H29N5. The second-order valence-electron chi connectivity index (χ2n) is 7.26. The number of aromatic nitrogens is 3. The number of nitrogens with zero attached hydrogens (tertiary/aromatic N) is 4. The highest BCUT2D eigenvalue weighted by Crippen LogP contribution is 2.24. The Labute approximate surface area is 145 Å². The van der Waals surface area contributed by atoms with Crippen LogP contribution in [0.4, 0.5) is 0 Å². The second-order valence-corrected chi connectivity index (χ2v) is 7.26. The maximum atomic E-state index is 4.26. The smallest absolute Gasteiger partial charge is 0.146 e. The summed E-state index contributed by atoms with van der Waals surface area (Å²) in [6.45, 7) is 10.8. The van der Waals surface area contributed by atoms with E-state index < -0.39 is 0 Å². The second kappa shape index (κ2) is 7.45. The van der Waals surface area contributed by atoms with Gasteiger partial charge in [0.1, 0.15) is 11.6 Å². The molecule has 1 N–H and O–H groups in total. The number of piperidine rings is 1. The van der Waals surface area contributed by atoms with Crippen molar-refractivity contribution >= 4 is 0 Å². The highest BCUT2D eigenvalue weighted by molar-refractivity contribution is 5.14. The highest BCUT2D eigenvalue weighted by Gasteiger charge is 2.31. The van der Waals surface area contributed by atoms with E-state index in [4.69, 9.17) is 0 Å². The van der Waals surface area contributed by atoms with Gasteiger partial charge >= 0.3 is 0 Å². The molecule has 130 valence electrons. The summed E-state index contributed by atoms with van der Waals surface area (Å²) in [5.41, 5.74) is 1.40. The van der Waals surface area contributed by atoms with Gasteiger partial charge in [-0.3, -0.25) is 4.90 Å². The molecule has 2 aromatic rings. The van der Waals surface area contributed by atoms with Gasteiger partial charge in [-0.2, -0.15) is 0 Å². The predicted molar refractivity (Wildman–Crippen MR) is 96.4 cm³/mol. The lowest BCUT2D eigenvalue weighted by atomic mass is 9.85. The number of hydrogen-bond acceptors (Lipinski definition) is 4. The molecule has 1 aliphatic heterocycles. The van der Waals surface area contributed by atoms with Crippen LogP contribution in [0.2, 0.25) is 0 Å². The molecule has 0 spiro atoms. The highest BCUT2D eigenvalue weighted by atomic mass is 15.3. The fourth-order valence-corrected chi connectivity index (χ4v) is 3.86. The zero-order valence-corrected chi connectivity index (χ0v) is 15.2. The summed E-state index contributed by atoms with van der Waals surface area (Å²) >= 11 is 0. The van der Waals surface area contributed by atoms with Gasteiger partial charge in [0.05, 0.1) is 6.54 Å². The predicted octanol–water partition coefficient (Wildman–Crippen LogP) is 2.37. The van der Waals surface area contributed by atoms with Gasteiger partial charge in [0.15, 0.2) is 0 Å². The molecular weight excluding hydrogens is 298 g/mol. The van der Waals surface area contributed by atoms with Gasteiger partial charge in [-0.25, -0.2) is 0 Å². The minimum atomic E-state index is 0.522. The van der Waals surface area contributed by atoms with Gasteiger partial charge in [-0.1, -0.05) is 44.2 Å². The summed E-state index contributed by atoms with van der Waals surface area (Å²) < 4.78 is 2.06. The van der Waals surface area contributed by atoms with Crippen LogP contribution < -0.4 is 5.32 Å². The van der Waals surface area contributed by atoms with Crippen LogP contribution in [-0.4, -0.2) is 38.8 Å². The van der Waals surface area contributed by atoms with E-state index in [1.807, 2.05) is 14.0 Å². The number of nitrogens with one attached hydrogen (secondary N) is 1. The Kier molecular flexibility index (Phi) is 5.31. The van der Waals surface area contributed by atoms with E-state index in [-0.39, 0.29) is 0 Å². The van der Waals surface area contributed by atoms with Crippen molar-refractivity contribution in [2.45, 2.75) is 39.9 Å². The van der Waals surface area contributed by atoms with Gasteiger partial charge in [0, 0.05) is 32.7 Å². The minimum absolute atomic E-state index is 0.522. The molecule has 3 rings (SSSR count). The molecule has 1 unspecified atom stereocenters. The Morgan fingerprint density at radius 3 is 2.33 bits per heavy atom. The quantitative estimate of drug-likeness (QED) is 0.916. The average molecular weight is 327 g/mol. The van der Waals surface area contributed by atoms with Crippen molar-refractivity contribution in [1.29, 1.82) is 0 Å². The van der Waals surface area contributed by atoms with Crippen LogP contribution in [-0.2, 0) is 20.1 Å². The van der Waals surface area contributed by atoms with Crippen LogP contribution >= 0.6 is 0 Å². The maximum absolute atomic E-state index is 4.26. The fraction of sp³-hybridized carbons (Fsp3) is 0.579. The Balaban J connectivity index is 1.56. The van der Waals surface area contributed by atoms with Crippen LogP contribution in [0.5, 0.6) is 0 Å². The molecule has 0 radical (unpaired) electrons. The zero-order valence-electron chi connectivity index (χ0n) is 15.2. The summed E-state index contributed by atoms with van der Waals surface area (Å²) in [4.78, 5) is 2.58. The fourth-order valence-electron chi connectivity index (χ4n) is 3.86. The molecule has 24 heavy (non-hydrogen) atoms. The number of benzene rings is 1. The van der Waals surface area contributed by atoms with Crippen molar-refractivity contribution in [3.05, 3.63) is 47.5 Å². The molecule has 5 heteroatoms. The van der Waals surface area contributed by atoms with E-state index in [2.05, 4.69) is 69.2 Å². The number of aryl methyl sites for hydroxylation is 1. The van der Waals surface area contributed by atoms with Crippen molar-refractivity contribution in [3.63, 3.8) is 0 Å². The van der Waals surface area contributed by atoms with Gasteiger partial charge in [0.25, 0.3) is 0 Å².